The van der Waals surface area contributed by atoms with Crippen molar-refractivity contribution in [1.29, 1.82) is 0 Å². The number of hydrogen-bond acceptors (Lipinski definition) is 3. The van der Waals surface area contributed by atoms with Crippen LogP contribution in [0.15, 0.2) is 61.2 Å². The van der Waals surface area contributed by atoms with E-state index in [1.54, 1.807) is 6.08 Å². The lowest BCUT2D eigenvalue weighted by Gasteiger charge is -2.17. The molecule has 3 atom stereocenters. The van der Waals surface area contributed by atoms with Crippen molar-refractivity contribution >= 4 is 0 Å². The molecule has 1 aliphatic rings. The Morgan fingerprint density at radius 3 is 2.10 bits per heavy atom. The molecule has 168 valence electrons. The lowest BCUT2D eigenvalue weighted by atomic mass is 9.97. The first-order valence-electron chi connectivity index (χ1n) is 11.8. The van der Waals surface area contributed by atoms with Gasteiger partial charge in [0.1, 0.15) is 0 Å². The van der Waals surface area contributed by atoms with Crippen molar-refractivity contribution in [3.8, 4) is 11.1 Å². The topological polar surface area (TPSA) is 38.7 Å². The van der Waals surface area contributed by atoms with E-state index in [1.807, 2.05) is 38.1 Å². The predicted octanol–water partition coefficient (Wildman–Crippen LogP) is 7.00. The van der Waals surface area contributed by atoms with Crippen LogP contribution in [0.25, 0.3) is 11.1 Å². The number of rotatable bonds is 11. The van der Waals surface area contributed by atoms with Crippen LogP contribution in [0.1, 0.15) is 76.5 Å². The van der Waals surface area contributed by atoms with Crippen molar-refractivity contribution in [2.45, 2.75) is 89.8 Å². The van der Waals surface area contributed by atoms with Crippen molar-refractivity contribution in [3.63, 3.8) is 0 Å². The molecule has 0 bridgehead atoms. The van der Waals surface area contributed by atoms with Crippen LogP contribution >= 0.6 is 0 Å². The van der Waals surface area contributed by atoms with Gasteiger partial charge < -0.3 is 14.6 Å². The molecule has 0 aromatic heterocycles. The van der Waals surface area contributed by atoms with Crippen LogP contribution in [0.5, 0.6) is 0 Å². The van der Waals surface area contributed by atoms with Gasteiger partial charge in [0, 0.05) is 6.42 Å². The monoisotopic (exact) mass is 422 g/mol. The van der Waals surface area contributed by atoms with Crippen molar-refractivity contribution in [3.05, 3.63) is 72.3 Å². The van der Waals surface area contributed by atoms with Crippen LogP contribution in [0.4, 0.5) is 0 Å². The van der Waals surface area contributed by atoms with Gasteiger partial charge in [0.15, 0.2) is 5.79 Å². The van der Waals surface area contributed by atoms with Crippen LogP contribution < -0.4 is 0 Å². The standard InChI is InChI=1S/C28H38O3/c1-5-7-8-9-10-11-26-27(31-28(3,4)30-26)20-21-12-14-22(15-13-21)23-16-18-24(19-17-23)25(29)6-2/h6,12-19,25-27,29H,2,5,7-11,20H2,1,3-4H3. The highest BCUT2D eigenvalue weighted by molar-refractivity contribution is 5.64. The minimum atomic E-state index is -0.617. The summed E-state index contributed by atoms with van der Waals surface area (Å²) >= 11 is 0. The maximum Gasteiger partial charge on any atom is 0.163 e. The van der Waals surface area contributed by atoms with Gasteiger partial charge in [0.25, 0.3) is 0 Å². The molecule has 0 aliphatic carbocycles. The third-order valence-corrected chi connectivity index (χ3v) is 6.08. The van der Waals surface area contributed by atoms with Crippen molar-refractivity contribution in [2.24, 2.45) is 0 Å². The molecule has 31 heavy (non-hydrogen) atoms. The van der Waals surface area contributed by atoms with Gasteiger partial charge in [-0.2, -0.15) is 0 Å². The molecule has 0 spiro atoms. The summed E-state index contributed by atoms with van der Waals surface area (Å²) < 4.78 is 12.5. The number of aliphatic hydroxyl groups is 1. The van der Waals surface area contributed by atoms with Crippen LogP contribution in [0, 0.1) is 0 Å². The Labute approximate surface area is 188 Å². The third-order valence-electron chi connectivity index (χ3n) is 6.08. The quantitative estimate of drug-likeness (QED) is 0.313. The molecular weight excluding hydrogens is 384 g/mol. The zero-order valence-electron chi connectivity index (χ0n) is 19.3. The van der Waals surface area contributed by atoms with E-state index < -0.39 is 11.9 Å². The summed E-state index contributed by atoms with van der Waals surface area (Å²) in [5.74, 6) is -0.504. The van der Waals surface area contributed by atoms with Gasteiger partial charge in [-0.25, -0.2) is 0 Å². The lowest BCUT2D eigenvalue weighted by molar-refractivity contribution is -0.146. The summed E-state index contributed by atoms with van der Waals surface area (Å²) in [6.45, 7) is 9.93. The maximum atomic E-state index is 9.87. The number of hydrogen-bond donors (Lipinski definition) is 1. The van der Waals surface area contributed by atoms with Gasteiger partial charge >= 0.3 is 0 Å². The van der Waals surface area contributed by atoms with Crippen molar-refractivity contribution in [1.82, 2.24) is 0 Å². The van der Waals surface area contributed by atoms with E-state index in [0.717, 1.165) is 24.0 Å². The van der Waals surface area contributed by atoms with Crippen LogP contribution in [0.3, 0.4) is 0 Å². The lowest BCUT2D eigenvalue weighted by Crippen LogP contribution is -2.25. The van der Waals surface area contributed by atoms with Crippen LogP contribution in [-0.2, 0) is 15.9 Å². The Morgan fingerprint density at radius 1 is 0.903 bits per heavy atom. The van der Waals surface area contributed by atoms with Gasteiger partial charge in [0.05, 0.1) is 18.3 Å². The third kappa shape index (κ3) is 6.77. The van der Waals surface area contributed by atoms with E-state index in [0.29, 0.717) is 0 Å². The SMILES string of the molecule is C=CC(O)c1ccc(-c2ccc(CC3OC(C)(C)OC3CCCCCCC)cc2)cc1. The zero-order valence-corrected chi connectivity index (χ0v) is 19.3. The van der Waals surface area contributed by atoms with Gasteiger partial charge in [-0.1, -0.05) is 93.6 Å². The second-order valence-electron chi connectivity index (χ2n) is 9.12. The molecule has 3 heteroatoms. The molecule has 3 unspecified atom stereocenters. The van der Waals surface area contributed by atoms with E-state index >= 15 is 0 Å². The summed E-state index contributed by atoms with van der Waals surface area (Å²) in [5, 5.41) is 9.87. The zero-order chi connectivity index (χ0) is 22.3. The molecular formula is C28H38O3. The largest absolute Gasteiger partial charge is 0.384 e. The highest BCUT2D eigenvalue weighted by Crippen LogP contribution is 2.33. The Bertz CT molecular complexity index is 807. The van der Waals surface area contributed by atoms with Gasteiger partial charge in [0.2, 0.25) is 0 Å². The fourth-order valence-corrected chi connectivity index (χ4v) is 4.35. The van der Waals surface area contributed by atoms with Crippen LogP contribution in [-0.4, -0.2) is 23.1 Å². The summed E-state index contributed by atoms with van der Waals surface area (Å²) in [6.07, 6.45) is 9.52. The summed E-state index contributed by atoms with van der Waals surface area (Å²) in [6, 6.07) is 16.7. The minimum Gasteiger partial charge on any atom is -0.384 e. The van der Waals surface area contributed by atoms with E-state index in [2.05, 4.69) is 37.8 Å². The van der Waals surface area contributed by atoms with E-state index in [-0.39, 0.29) is 12.2 Å². The van der Waals surface area contributed by atoms with Crippen molar-refractivity contribution in [2.75, 3.05) is 0 Å². The fraction of sp³-hybridized carbons (Fsp3) is 0.500. The number of unbranched alkanes of at least 4 members (excludes halogenated alkanes) is 4. The van der Waals surface area contributed by atoms with Crippen molar-refractivity contribution < 1.29 is 14.6 Å². The second kappa shape index (κ2) is 11.1. The summed E-state index contributed by atoms with van der Waals surface area (Å²) in [5.41, 5.74) is 4.43. The van der Waals surface area contributed by atoms with Gasteiger partial charge in [-0.15, -0.1) is 6.58 Å². The average molecular weight is 423 g/mol. The minimum absolute atomic E-state index is 0.103. The number of ether oxygens (including phenoxy) is 2. The molecule has 1 aliphatic heterocycles. The molecule has 0 amide bonds. The normalized spacial score (nSPS) is 21.2. The fourth-order valence-electron chi connectivity index (χ4n) is 4.35. The molecule has 0 radical (unpaired) electrons. The molecule has 3 nitrogen and oxygen atoms in total. The Balaban J connectivity index is 1.60. The van der Waals surface area contributed by atoms with E-state index in [9.17, 15) is 5.11 Å². The Morgan fingerprint density at radius 2 is 1.48 bits per heavy atom. The molecule has 1 heterocycles. The second-order valence-corrected chi connectivity index (χ2v) is 9.12. The van der Waals surface area contributed by atoms with E-state index in [1.165, 1.54) is 43.2 Å². The van der Waals surface area contributed by atoms with Gasteiger partial charge in [-0.05, 0) is 42.5 Å². The summed E-state index contributed by atoms with van der Waals surface area (Å²) in [4.78, 5) is 0. The smallest absolute Gasteiger partial charge is 0.163 e. The molecule has 1 saturated heterocycles. The number of aliphatic hydroxyl groups excluding tert-OH is 1. The first-order valence-corrected chi connectivity index (χ1v) is 11.8. The predicted molar refractivity (Wildman–Crippen MR) is 128 cm³/mol. The highest BCUT2D eigenvalue weighted by Gasteiger charge is 2.40. The van der Waals surface area contributed by atoms with Crippen LogP contribution in [0.2, 0.25) is 0 Å². The number of benzene rings is 2. The van der Waals surface area contributed by atoms with E-state index in [4.69, 9.17) is 9.47 Å². The Kier molecular flexibility index (Phi) is 8.48. The molecule has 2 aromatic rings. The average Bonchev–Trinajstić information content (AvgIpc) is 3.06. The highest BCUT2D eigenvalue weighted by atomic mass is 16.7. The first-order chi connectivity index (χ1) is 14.9. The van der Waals surface area contributed by atoms with Gasteiger partial charge in [-0.3, -0.25) is 0 Å². The maximum absolute atomic E-state index is 9.87. The Hall–Kier alpha value is -1.94. The summed E-state index contributed by atoms with van der Waals surface area (Å²) in [7, 11) is 0. The molecule has 1 fully saturated rings. The molecule has 0 saturated carbocycles. The molecule has 2 aromatic carbocycles. The molecule has 3 rings (SSSR count). The first kappa shape index (κ1) is 23.7. The molecule has 1 N–H and O–H groups in total.